The number of hydrogen-bond donors (Lipinski definition) is 1. The van der Waals surface area contributed by atoms with Gasteiger partial charge in [-0.25, -0.2) is 4.39 Å². The Morgan fingerprint density at radius 2 is 2.06 bits per heavy atom. The van der Waals surface area contributed by atoms with Gasteiger partial charge in [-0.15, -0.1) is 11.3 Å². The van der Waals surface area contributed by atoms with E-state index in [4.69, 9.17) is 0 Å². The molecule has 0 saturated carbocycles. The Morgan fingerprint density at radius 3 is 2.65 bits per heavy atom. The second kappa shape index (κ2) is 5.29. The van der Waals surface area contributed by atoms with Gasteiger partial charge in [0.25, 0.3) is 5.91 Å². The number of thiophene rings is 1. The molecule has 1 N–H and O–H groups in total. The van der Waals surface area contributed by atoms with E-state index in [1.807, 2.05) is 0 Å². The first-order chi connectivity index (χ1) is 8.06. The van der Waals surface area contributed by atoms with E-state index in [1.54, 1.807) is 17.5 Å². The van der Waals surface area contributed by atoms with Gasteiger partial charge in [0, 0.05) is 9.85 Å². The van der Waals surface area contributed by atoms with E-state index in [0.29, 0.717) is 10.0 Å². The molecule has 2 aromatic rings. The fourth-order valence-corrected chi connectivity index (χ4v) is 2.68. The number of benzene rings is 1. The molecule has 88 valence electrons. The molecule has 0 unspecified atom stereocenters. The summed E-state index contributed by atoms with van der Waals surface area (Å²) < 4.78 is 15.0. The van der Waals surface area contributed by atoms with Gasteiger partial charge in [-0.1, -0.05) is 15.9 Å². The van der Waals surface area contributed by atoms with E-state index in [1.165, 1.54) is 23.5 Å². The molecule has 0 fully saturated rings. The molecule has 0 saturated heterocycles. The zero-order chi connectivity index (χ0) is 12.4. The maximum Gasteiger partial charge on any atom is 0.256 e. The summed E-state index contributed by atoms with van der Waals surface area (Å²) in [6, 6.07) is 6.18. The van der Waals surface area contributed by atoms with E-state index in [2.05, 4.69) is 37.2 Å². The molecule has 0 atom stereocenters. The van der Waals surface area contributed by atoms with Crippen molar-refractivity contribution in [3.8, 4) is 0 Å². The van der Waals surface area contributed by atoms with Gasteiger partial charge in [0.1, 0.15) is 5.82 Å². The number of amides is 1. The van der Waals surface area contributed by atoms with Crippen LogP contribution in [0.25, 0.3) is 0 Å². The average molecular weight is 379 g/mol. The number of carbonyl (C=O) groups is 1. The lowest BCUT2D eigenvalue weighted by molar-refractivity contribution is 0.102. The van der Waals surface area contributed by atoms with Crippen molar-refractivity contribution < 1.29 is 9.18 Å². The van der Waals surface area contributed by atoms with Crippen LogP contribution in [0.15, 0.2) is 37.9 Å². The lowest BCUT2D eigenvalue weighted by atomic mass is 10.2. The molecule has 2 nitrogen and oxygen atoms in total. The number of hydrogen-bond acceptors (Lipinski definition) is 2. The van der Waals surface area contributed by atoms with Gasteiger partial charge in [-0.3, -0.25) is 4.79 Å². The highest BCUT2D eigenvalue weighted by Gasteiger charge is 2.10. The van der Waals surface area contributed by atoms with E-state index >= 15 is 0 Å². The first-order valence-corrected chi connectivity index (χ1v) is 7.03. The molecule has 0 aliphatic heterocycles. The number of anilines is 1. The Labute approximate surface area is 118 Å². The van der Waals surface area contributed by atoms with Crippen LogP contribution in [0.2, 0.25) is 0 Å². The second-order valence-electron chi connectivity index (χ2n) is 3.22. The summed E-state index contributed by atoms with van der Waals surface area (Å²) in [4.78, 5) is 11.8. The number of halogens is 3. The van der Waals surface area contributed by atoms with Crippen LogP contribution in [-0.4, -0.2) is 5.91 Å². The van der Waals surface area contributed by atoms with Crippen LogP contribution < -0.4 is 5.32 Å². The number of nitrogens with one attached hydrogen (secondary N) is 1. The highest BCUT2D eigenvalue weighted by Crippen LogP contribution is 2.23. The number of carbonyl (C=O) groups excluding carboxylic acids is 1. The van der Waals surface area contributed by atoms with Crippen molar-refractivity contribution in [2.45, 2.75) is 0 Å². The summed E-state index contributed by atoms with van der Waals surface area (Å²) in [6.07, 6.45) is 0. The summed E-state index contributed by atoms with van der Waals surface area (Å²) >= 11 is 7.83. The van der Waals surface area contributed by atoms with Crippen molar-refractivity contribution >= 4 is 54.8 Å². The van der Waals surface area contributed by atoms with Crippen LogP contribution in [0.3, 0.4) is 0 Å². The Morgan fingerprint density at radius 1 is 1.29 bits per heavy atom. The minimum absolute atomic E-state index is 0.167. The Kier molecular flexibility index (Phi) is 3.96. The fourth-order valence-electron chi connectivity index (χ4n) is 1.21. The molecular weight excluding hydrogens is 373 g/mol. The van der Waals surface area contributed by atoms with Crippen LogP contribution in [0.5, 0.6) is 0 Å². The van der Waals surface area contributed by atoms with Crippen LogP contribution in [0.4, 0.5) is 10.1 Å². The van der Waals surface area contributed by atoms with Crippen molar-refractivity contribution in [2.75, 3.05) is 5.32 Å². The van der Waals surface area contributed by atoms with Gasteiger partial charge < -0.3 is 5.32 Å². The van der Waals surface area contributed by atoms with Crippen molar-refractivity contribution in [3.63, 3.8) is 0 Å². The molecule has 0 spiro atoms. The summed E-state index contributed by atoms with van der Waals surface area (Å²) in [5.41, 5.74) is 0.671. The minimum atomic E-state index is -0.470. The normalized spacial score (nSPS) is 10.3. The highest BCUT2D eigenvalue weighted by molar-refractivity contribution is 9.11. The summed E-state index contributed by atoms with van der Waals surface area (Å²) in [6.45, 7) is 0. The van der Waals surface area contributed by atoms with Gasteiger partial charge in [0.15, 0.2) is 0 Å². The Balaban J connectivity index is 2.18. The molecule has 17 heavy (non-hydrogen) atoms. The Bertz CT molecular complexity index is 570. The first-order valence-electron chi connectivity index (χ1n) is 4.56. The minimum Gasteiger partial charge on any atom is -0.319 e. The standard InChI is InChI=1S/C11H6Br2FNOS/c12-7-1-2-9(8(14)4-7)15-11(16)6-3-10(13)17-5-6/h1-5H,(H,15,16). The van der Waals surface area contributed by atoms with Gasteiger partial charge in [-0.05, 0) is 40.2 Å². The Hall–Kier alpha value is -0.720. The molecule has 0 bridgehead atoms. The molecule has 1 aromatic heterocycles. The van der Waals surface area contributed by atoms with Gasteiger partial charge >= 0.3 is 0 Å². The predicted octanol–water partition coefficient (Wildman–Crippen LogP) is 4.66. The summed E-state index contributed by atoms with van der Waals surface area (Å²) in [7, 11) is 0. The van der Waals surface area contributed by atoms with Crippen LogP contribution in [-0.2, 0) is 0 Å². The quantitative estimate of drug-likeness (QED) is 0.808. The highest BCUT2D eigenvalue weighted by atomic mass is 79.9. The average Bonchev–Trinajstić information content (AvgIpc) is 2.69. The van der Waals surface area contributed by atoms with Gasteiger partial charge in [-0.2, -0.15) is 0 Å². The van der Waals surface area contributed by atoms with E-state index in [0.717, 1.165) is 3.79 Å². The molecule has 0 aliphatic carbocycles. The molecule has 0 aliphatic rings. The monoisotopic (exact) mass is 377 g/mol. The third kappa shape index (κ3) is 3.14. The molecule has 0 radical (unpaired) electrons. The largest absolute Gasteiger partial charge is 0.319 e. The molecular formula is C11H6Br2FNOS. The summed E-state index contributed by atoms with van der Waals surface area (Å²) in [5, 5.41) is 4.22. The van der Waals surface area contributed by atoms with Crippen molar-refractivity contribution in [1.29, 1.82) is 0 Å². The summed E-state index contributed by atoms with van der Waals surface area (Å²) in [5.74, 6) is -0.796. The first kappa shape index (κ1) is 12.7. The zero-order valence-corrected chi connectivity index (χ0v) is 12.3. The van der Waals surface area contributed by atoms with E-state index in [9.17, 15) is 9.18 Å². The second-order valence-corrected chi connectivity index (χ2v) is 6.42. The topological polar surface area (TPSA) is 29.1 Å². The van der Waals surface area contributed by atoms with Crippen molar-refractivity contribution in [1.82, 2.24) is 0 Å². The van der Waals surface area contributed by atoms with Crippen LogP contribution in [0.1, 0.15) is 10.4 Å². The van der Waals surface area contributed by atoms with E-state index in [-0.39, 0.29) is 11.6 Å². The molecule has 1 amide bonds. The van der Waals surface area contributed by atoms with Gasteiger partial charge in [0.2, 0.25) is 0 Å². The molecule has 2 rings (SSSR count). The molecule has 1 aromatic carbocycles. The lowest BCUT2D eigenvalue weighted by Gasteiger charge is -2.05. The molecule has 1 heterocycles. The molecule has 6 heteroatoms. The maximum atomic E-state index is 13.5. The van der Waals surface area contributed by atoms with Crippen molar-refractivity contribution in [3.05, 3.63) is 49.3 Å². The SMILES string of the molecule is O=C(Nc1ccc(Br)cc1F)c1csc(Br)c1. The third-order valence-corrected chi connectivity index (χ3v) is 4.01. The predicted molar refractivity (Wildman–Crippen MR) is 74.1 cm³/mol. The zero-order valence-electron chi connectivity index (χ0n) is 8.34. The smallest absolute Gasteiger partial charge is 0.256 e. The van der Waals surface area contributed by atoms with Crippen LogP contribution in [0, 0.1) is 5.82 Å². The van der Waals surface area contributed by atoms with Gasteiger partial charge in [0.05, 0.1) is 15.0 Å². The van der Waals surface area contributed by atoms with E-state index < -0.39 is 5.82 Å². The third-order valence-electron chi connectivity index (χ3n) is 2.01. The number of rotatable bonds is 2. The maximum absolute atomic E-state index is 13.5. The van der Waals surface area contributed by atoms with Crippen LogP contribution >= 0.6 is 43.2 Å². The fraction of sp³-hybridized carbons (Fsp3) is 0. The van der Waals surface area contributed by atoms with Crippen molar-refractivity contribution in [2.24, 2.45) is 0 Å². The lowest BCUT2D eigenvalue weighted by Crippen LogP contribution is -2.11.